The number of nitrogen functional groups attached to an aromatic ring is 1. The fourth-order valence-electron chi connectivity index (χ4n) is 2.12. The van der Waals surface area contributed by atoms with Crippen LogP contribution >= 0.6 is 11.8 Å². The summed E-state index contributed by atoms with van der Waals surface area (Å²) in [4.78, 5) is 11.9. The molecule has 0 aliphatic carbocycles. The maximum absolute atomic E-state index is 11.9. The molecular weight excluding hydrogens is 310 g/mol. The number of anilines is 1. The molecule has 122 valence electrons. The van der Waals surface area contributed by atoms with Gasteiger partial charge in [-0.2, -0.15) is 0 Å². The van der Waals surface area contributed by atoms with Crippen molar-refractivity contribution in [2.24, 2.45) is 0 Å². The van der Waals surface area contributed by atoms with Gasteiger partial charge in [-0.3, -0.25) is 9.36 Å². The highest BCUT2D eigenvalue weighted by molar-refractivity contribution is 7.99. The molecule has 2 aromatic rings. The standard InChI is InChI=1S/C16H21N5OS/c1-3-10-21-15(17)19-20-16(21)23-11-14(22)18-9-8-13-7-5-4-6-12(13)2/h3-7H,1,8-11H2,2H3,(H2,17,19)(H,18,22). The van der Waals surface area contributed by atoms with Gasteiger partial charge in [-0.15, -0.1) is 16.8 Å². The van der Waals surface area contributed by atoms with Crippen LogP contribution in [-0.2, 0) is 17.8 Å². The third-order valence-electron chi connectivity index (χ3n) is 3.37. The minimum Gasteiger partial charge on any atom is -0.368 e. The van der Waals surface area contributed by atoms with Gasteiger partial charge in [0.1, 0.15) is 0 Å². The number of benzene rings is 1. The van der Waals surface area contributed by atoms with Gasteiger partial charge >= 0.3 is 0 Å². The third-order valence-corrected chi connectivity index (χ3v) is 4.33. The molecule has 7 heteroatoms. The van der Waals surface area contributed by atoms with E-state index in [9.17, 15) is 4.79 Å². The highest BCUT2D eigenvalue weighted by Gasteiger charge is 2.11. The van der Waals surface area contributed by atoms with Crippen molar-refractivity contribution in [2.45, 2.75) is 25.0 Å². The summed E-state index contributed by atoms with van der Waals surface area (Å²) in [6, 6.07) is 8.18. The number of allylic oxidation sites excluding steroid dienone is 1. The molecule has 1 aromatic carbocycles. The summed E-state index contributed by atoms with van der Waals surface area (Å²) in [5.41, 5.74) is 8.21. The molecule has 3 N–H and O–H groups in total. The van der Waals surface area contributed by atoms with E-state index in [-0.39, 0.29) is 11.7 Å². The number of rotatable bonds is 8. The number of amides is 1. The van der Waals surface area contributed by atoms with Crippen molar-refractivity contribution in [1.82, 2.24) is 20.1 Å². The lowest BCUT2D eigenvalue weighted by molar-refractivity contribution is -0.118. The second-order valence-electron chi connectivity index (χ2n) is 5.06. The van der Waals surface area contributed by atoms with Crippen LogP contribution in [0.15, 0.2) is 42.1 Å². The van der Waals surface area contributed by atoms with E-state index in [2.05, 4.69) is 41.1 Å². The van der Waals surface area contributed by atoms with E-state index in [1.54, 1.807) is 10.6 Å². The molecule has 0 saturated carbocycles. The van der Waals surface area contributed by atoms with Gasteiger partial charge in [-0.05, 0) is 24.5 Å². The van der Waals surface area contributed by atoms with E-state index in [1.807, 2.05) is 12.1 Å². The summed E-state index contributed by atoms with van der Waals surface area (Å²) in [5, 5.41) is 11.3. The number of nitrogens with zero attached hydrogens (tertiary/aromatic N) is 3. The van der Waals surface area contributed by atoms with Crippen molar-refractivity contribution in [3.63, 3.8) is 0 Å². The Balaban J connectivity index is 1.77. The van der Waals surface area contributed by atoms with Crippen molar-refractivity contribution in [3.05, 3.63) is 48.0 Å². The van der Waals surface area contributed by atoms with Gasteiger partial charge in [0.2, 0.25) is 11.9 Å². The number of nitrogens with one attached hydrogen (secondary N) is 1. The van der Waals surface area contributed by atoms with Crippen molar-refractivity contribution >= 4 is 23.6 Å². The number of aromatic nitrogens is 3. The number of hydrogen-bond donors (Lipinski definition) is 2. The van der Waals surface area contributed by atoms with Gasteiger partial charge in [-0.1, -0.05) is 42.1 Å². The predicted molar refractivity (Wildman–Crippen MR) is 93.2 cm³/mol. The van der Waals surface area contributed by atoms with Crippen LogP contribution in [-0.4, -0.2) is 33.0 Å². The van der Waals surface area contributed by atoms with Crippen molar-refractivity contribution in [1.29, 1.82) is 0 Å². The fraction of sp³-hybridized carbons (Fsp3) is 0.312. The highest BCUT2D eigenvalue weighted by Crippen LogP contribution is 2.17. The number of nitrogens with two attached hydrogens (primary N) is 1. The molecule has 1 amide bonds. The number of hydrogen-bond acceptors (Lipinski definition) is 5. The minimum atomic E-state index is -0.0321. The molecule has 0 bridgehead atoms. The Hall–Kier alpha value is -2.28. The molecule has 2 rings (SSSR count). The Bertz CT molecular complexity index is 683. The molecule has 1 heterocycles. The van der Waals surface area contributed by atoms with Crippen LogP contribution in [0, 0.1) is 6.92 Å². The van der Waals surface area contributed by atoms with Gasteiger partial charge in [0.05, 0.1) is 5.75 Å². The first-order valence-electron chi connectivity index (χ1n) is 7.35. The minimum absolute atomic E-state index is 0.0321. The molecule has 0 saturated heterocycles. The summed E-state index contributed by atoms with van der Waals surface area (Å²) >= 11 is 1.31. The smallest absolute Gasteiger partial charge is 0.230 e. The second-order valence-corrected chi connectivity index (χ2v) is 6.00. The predicted octanol–water partition coefficient (Wildman–Crippen LogP) is 1.81. The SMILES string of the molecule is C=CCn1c(N)nnc1SCC(=O)NCCc1ccccc1C. The first-order valence-corrected chi connectivity index (χ1v) is 8.34. The average Bonchev–Trinajstić information content (AvgIpc) is 2.88. The van der Waals surface area contributed by atoms with Gasteiger partial charge in [0.15, 0.2) is 5.16 Å². The van der Waals surface area contributed by atoms with E-state index in [0.29, 0.717) is 24.2 Å². The number of thioether (sulfide) groups is 1. The molecule has 0 atom stereocenters. The van der Waals surface area contributed by atoms with E-state index in [4.69, 9.17) is 5.73 Å². The van der Waals surface area contributed by atoms with Crippen LogP contribution < -0.4 is 11.1 Å². The van der Waals surface area contributed by atoms with E-state index >= 15 is 0 Å². The van der Waals surface area contributed by atoms with E-state index < -0.39 is 0 Å². The van der Waals surface area contributed by atoms with Crippen molar-refractivity contribution in [2.75, 3.05) is 18.0 Å². The topological polar surface area (TPSA) is 85.8 Å². The summed E-state index contributed by atoms with van der Waals surface area (Å²) in [6.45, 7) is 6.88. The van der Waals surface area contributed by atoms with Crippen LogP contribution in [0.4, 0.5) is 5.95 Å². The Kier molecular flexibility index (Phi) is 6.22. The Morgan fingerprint density at radius 3 is 2.96 bits per heavy atom. The number of carbonyl (C=O) groups excluding carboxylic acids is 1. The zero-order valence-electron chi connectivity index (χ0n) is 13.2. The molecular formula is C16H21N5OS. The van der Waals surface area contributed by atoms with Crippen LogP contribution in [0.2, 0.25) is 0 Å². The van der Waals surface area contributed by atoms with Crippen LogP contribution in [0.25, 0.3) is 0 Å². The maximum Gasteiger partial charge on any atom is 0.230 e. The Morgan fingerprint density at radius 2 is 2.22 bits per heavy atom. The molecule has 0 fully saturated rings. The van der Waals surface area contributed by atoms with Crippen LogP contribution in [0.5, 0.6) is 0 Å². The molecule has 0 spiro atoms. The Labute approximate surface area is 140 Å². The molecule has 0 aliphatic rings. The zero-order valence-corrected chi connectivity index (χ0v) is 14.0. The summed E-state index contributed by atoms with van der Waals surface area (Å²) in [5.74, 6) is 0.575. The van der Waals surface area contributed by atoms with Crippen molar-refractivity contribution in [3.8, 4) is 0 Å². The molecule has 6 nitrogen and oxygen atoms in total. The zero-order chi connectivity index (χ0) is 16.7. The maximum atomic E-state index is 11.9. The van der Waals surface area contributed by atoms with Gasteiger partial charge in [0.25, 0.3) is 0 Å². The lowest BCUT2D eigenvalue weighted by atomic mass is 10.1. The Morgan fingerprint density at radius 1 is 1.43 bits per heavy atom. The average molecular weight is 331 g/mol. The van der Waals surface area contributed by atoms with Gasteiger partial charge < -0.3 is 11.1 Å². The fourth-order valence-corrected chi connectivity index (χ4v) is 2.90. The summed E-state index contributed by atoms with van der Waals surface area (Å²) in [7, 11) is 0. The van der Waals surface area contributed by atoms with Crippen molar-refractivity contribution < 1.29 is 4.79 Å². The van der Waals surface area contributed by atoms with E-state index in [1.165, 1.54) is 22.9 Å². The molecule has 0 unspecified atom stereocenters. The molecule has 0 radical (unpaired) electrons. The highest BCUT2D eigenvalue weighted by atomic mass is 32.2. The largest absolute Gasteiger partial charge is 0.368 e. The first kappa shape index (κ1) is 17.1. The normalized spacial score (nSPS) is 10.5. The quantitative estimate of drug-likeness (QED) is 0.569. The summed E-state index contributed by atoms with van der Waals surface area (Å²) in [6.07, 6.45) is 2.54. The number of aryl methyl sites for hydroxylation is 1. The second kappa shape index (κ2) is 8.38. The third kappa shape index (κ3) is 4.85. The molecule has 0 aliphatic heterocycles. The monoisotopic (exact) mass is 331 g/mol. The van der Waals surface area contributed by atoms with E-state index in [0.717, 1.165) is 6.42 Å². The number of carbonyl (C=O) groups is 1. The molecule has 1 aromatic heterocycles. The van der Waals surface area contributed by atoms with Crippen LogP contribution in [0.3, 0.4) is 0 Å². The van der Waals surface area contributed by atoms with Gasteiger partial charge in [-0.25, -0.2) is 0 Å². The first-order chi connectivity index (χ1) is 11.1. The lowest BCUT2D eigenvalue weighted by Crippen LogP contribution is -2.27. The summed E-state index contributed by atoms with van der Waals surface area (Å²) < 4.78 is 1.72. The van der Waals surface area contributed by atoms with Gasteiger partial charge in [0, 0.05) is 13.1 Å². The van der Waals surface area contributed by atoms with Crippen LogP contribution in [0.1, 0.15) is 11.1 Å². The molecule has 23 heavy (non-hydrogen) atoms. The lowest BCUT2D eigenvalue weighted by Gasteiger charge is -2.08.